The Morgan fingerprint density at radius 2 is 1.94 bits per heavy atom. The normalized spacial score (nSPS) is 16.6. The maximum Gasteiger partial charge on any atom is 0.416 e. The molecule has 0 bridgehead atoms. The van der Waals surface area contributed by atoms with Crippen LogP contribution in [0.2, 0.25) is 0 Å². The quantitative estimate of drug-likeness (QED) is 0.579. The van der Waals surface area contributed by atoms with E-state index in [2.05, 4.69) is 19.9 Å². The predicted molar refractivity (Wildman–Crippen MR) is 116 cm³/mol. The summed E-state index contributed by atoms with van der Waals surface area (Å²) < 4.78 is 39.1. The molecule has 9 heteroatoms. The summed E-state index contributed by atoms with van der Waals surface area (Å²) in [6, 6.07) is 5.64. The SMILES string of the molecule is Cc1nc(Cc2cc(C(F)(F)F)ccn2)cc(C2CCCN(C(=O)c3cnccc3C)C2)n1. The third kappa shape index (κ3) is 5.35. The lowest BCUT2D eigenvalue weighted by atomic mass is 9.93. The second-order valence-corrected chi connectivity index (χ2v) is 8.32. The number of aryl methyl sites for hydroxylation is 2. The van der Waals surface area contributed by atoms with E-state index >= 15 is 0 Å². The molecule has 1 unspecified atom stereocenters. The molecule has 0 aromatic carbocycles. The molecule has 4 rings (SSSR count). The van der Waals surface area contributed by atoms with E-state index in [1.54, 1.807) is 19.3 Å². The van der Waals surface area contributed by atoms with Crippen LogP contribution in [0, 0.1) is 13.8 Å². The minimum atomic E-state index is -4.42. The van der Waals surface area contributed by atoms with Gasteiger partial charge in [-0.2, -0.15) is 13.2 Å². The van der Waals surface area contributed by atoms with Gasteiger partial charge in [0.05, 0.1) is 16.8 Å². The van der Waals surface area contributed by atoms with E-state index in [1.165, 1.54) is 0 Å². The van der Waals surface area contributed by atoms with Crippen molar-refractivity contribution in [3.05, 3.63) is 82.5 Å². The van der Waals surface area contributed by atoms with Crippen LogP contribution in [-0.2, 0) is 12.6 Å². The van der Waals surface area contributed by atoms with Crippen molar-refractivity contribution in [2.75, 3.05) is 13.1 Å². The summed E-state index contributed by atoms with van der Waals surface area (Å²) in [6.07, 6.45) is 1.88. The van der Waals surface area contributed by atoms with Gasteiger partial charge in [0.15, 0.2) is 0 Å². The molecule has 0 aliphatic carbocycles. The number of carbonyl (C=O) groups is 1. The number of amides is 1. The minimum absolute atomic E-state index is 0.0228. The third-order valence-electron chi connectivity index (χ3n) is 5.81. The van der Waals surface area contributed by atoms with Crippen LogP contribution >= 0.6 is 0 Å². The first-order chi connectivity index (χ1) is 15.7. The first-order valence-corrected chi connectivity index (χ1v) is 10.8. The lowest BCUT2D eigenvalue weighted by molar-refractivity contribution is -0.137. The van der Waals surface area contributed by atoms with Gasteiger partial charge in [-0.05, 0) is 56.5 Å². The zero-order chi connectivity index (χ0) is 23.6. The summed E-state index contributed by atoms with van der Waals surface area (Å²) in [7, 11) is 0. The molecule has 1 aliphatic rings. The molecular weight excluding hydrogens is 431 g/mol. The first-order valence-electron chi connectivity index (χ1n) is 10.8. The molecule has 1 aliphatic heterocycles. The summed E-state index contributed by atoms with van der Waals surface area (Å²) >= 11 is 0. The van der Waals surface area contributed by atoms with Crippen LogP contribution in [0.1, 0.15) is 63.2 Å². The van der Waals surface area contributed by atoms with Crippen molar-refractivity contribution in [2.45, 2.75) is 45.2 Å². The number of aromatic nitrogens is 4. The molecule has 0 radical (unpaired) electrons. The highest BCUT2D eigenvalue weighted by Crippen LogP contribution is 2.30. The van der Waals surface area contributed by atoms with E-state index in [0.717, 1.165) is 42.4 Å². The molecule has 0 spiro atoms. The molecule has 1 atom stereocenters. The van der Waals surface area contributed by atoms with Crippen LogP contribution in [0.3, 0.4) is 0 Å². The fourth-order valence-corrected chi connectivity index (χ4v) is 4.15. The van der Waals surface area contributed by atoms with E-state index in [-0.39, 0.29) is 18.2 Å². The van der Waals surface area contributed by atoms with Gasteiger partial charge in [-0.25, -0.2) is 9.97 Å². The highest BCUT2D eigenvalue weighted by molar-refractivity contribution is 5.95. The average Bonchev–Trinajstić information content (AvgIpc) is 2.78. The topological polar surface area (TPSA) is 71.9 Å². The Hall–Kier alpha value is -3.36. The fraction of sp³-hybridized carbons (Fsp3) is 0.375. The van der Waals surface area contributed by atoms with Crippen LogP contribution in [0.15, 0.2) is 42.9 Å². The number of piperidine rings is 1. The number of likely N-dealkylation sites (tertiary alicyclic amines) is 1. The van der Waals surface area contributed by atoms with Crippen LogP contribution in [0.5, 0.6) is 0 Å². The summed E-state index contributed by atoms with van der Waals surface area (Å²) in [5, 5.41) is 0. The van der Waals surface area contributed by atoms with Gasteiger partial charge in [0.1, 0.15) is 5.82 Å². The van der Waals surface area contributed by atoms with Gasteiger partial charge in [0, 0.05) is 55.4 Å². The lowest BCUT2D eigenvalue weighted by Gasteiger charge is -2.33. The van der Waals surface area contributed by atoms with Crippen LogP contribution in [0.25, 0.3) is 0 Å². The number of nitrogens with zero attached hydrogens (tertiary/aromatic N) is 5. The van der Waals surface area contributed by atoms with Crippen molar-refractivity contribution in [1.82, 2.24) is 24.8 Å². The summed E-state index contributed by atoms with van der Waals surface area (Å²) in [5.41, 5.74) is 2.44. The Morgan fingerprint density at radius 3 is 2.70 bits per heavy atom. The molecule has 3 aromatic rings. The van der Waals surface area contributed by atoms with Crippen molar-refractivity contribution >= 4 is 5.91 Å². The van der Waals surface area contributed by atoms with E-state index < -0.39 is 11.7 Å². The van der Waals surface area contributed by atoms with Crippen molar-refractivity contribution in [2.24, 2.45) is 0 Å². The number of halogens is 3. The zero-order valence-electron chi connectivity index (χ0n) is 18.4. The summed E-state index contributed by atoms with van der Waals surface area (Å²) in [6.45, 7) is 4.83. The Morgan fingerprint density at radius 1 is 1.12 bits per heavy atom. The Balaban J connectivity index is 1.54. The minimum Gasteiger partial charge on any atom is -0.338 e. The van der Waals surface area contributed by atoms with Crippen molar-refractivity contribution in [3.63, 3.8) is 0 Å². The molecule has 0 saturated carbocycles. The number of pyridine rings is 2. The standard InChI is InChI=1S/C24H24F3N5O/c1-15-5-7-28-13-21(15)23(33)32-9-3-4-17(14-32)22-12-20(30-16(2)31-22)11-19-10-18(6-8-29-19)24(25,26)27/h5-8,10,12-13,17H,3-4,9,11,14H2,1-2H3. The number of hydrogen-bond donors (Lipinski definition) is 0. The van der Waals surface area contributed by atoms with E-state index in [1.807, 2.05) is 24.0 Å². The predicted octanol–water partition coefficient (Wildman–Crippen LogP) is 4.51. The number of hydrogen-bond acceptors (Lipinski definition) is 5. The van der Waals surface area contributed by atoms with Crippen LogP contribution in [0.4, 0.5) is 13.2 Å². The van der Waals surface area contributed by atoms with Gasteiger partial charge in [0.25, 0.3) is 5.91 Å². The highest BCUT2D eigenvalue weighted by Gasteiger charge is 2.31. The van der Waals surface area contributed by atoms with Gasteiger partial charge in [-0.3, -0.25) is 14.8 Å². The number of rotatable bonds is 4. The third-order valence-corrected chi connectivity index (χ3v) is 5.81. The summed E-state index contributed by atoms with van der Waals surface area (Å²) in [5.74, 6) is 0.514. The summed E-state index contributed by atoms with van der Waals surface area (Å²) in [4.78, 5) is 32.0. The smallest absolute Gasteiger partial charge is 0.338 e. The Bertz CT molecular complexity index is 1160. The fourth-order valence-electron chi connectivity index (χ4n) is 4.15. The molecule has 0 N–H and O–H groups in total. The largest absolute Gasteiger partial charge is 0.416 e. The van der Waals surface area contributed by atoms with Gasteiger partial charge in [-0.1, -0.05) is 0 Å². The van der Waals surface area contributed by atoms with Gasteiger partial charge in [-0.15, -0.1) is 0 Å². The second-order valence-electron chi connectivity index (χ2n) is 8.32. The maximum absolute atomic E-state index is 13.0. The van der Waals surface area contributed by atoms with Crippen LogP contribution in [-0.4, -0.2) is 43.8 Å². The Labute approximate surface area is 189 Å². The molecule has 4 heterocycles. The average molecular weight is 455 g/mol. The van der Waals surface area contributed by atoms with Crippen LogP contribution < -0.4 is 0 Å². The molecule has 1 amide bonds. The Kier molecular flexibility index (Phi) is 6.40. The molecular formula is C24H24F3N5O. The highest BCUT2D eigenvalue weighted by atomic mass is 19.4. The molecule has 33 heavy (non-hydrogen) atoms. The monoisotopic (exact) mass is 455 g/mol. The van der Waals surface area contributed by atoms with Gasteiger partial charge in [0.2, 0.25) is 0 Å². The second kappa shape index (κ2) is 9.25. The van der Waals surface area contributed by atoms with Crippen molar-refractivity contribution < 1.29 is 18.0 Å². The molecule has 172 valence electrons. The zero-order valence-corrected chi connectivity index (χ0v) is 18.4. The lowest BCUT2D eigenvalue weighted by Crippen LogP contribution is -2.39. The number of alkyl halides is 3. The van der Waals surface area contributed by atoms with Crippen molar-refractivity contribution in [3.8, 4) is 0 Å². The van der Waals surface area contributed by atoms with Gasteiger partial charge >= 0.3 is 6.18 Å². The van der Waals surface area contributed by atoms with Crippen molar-refractivity contribution in [1.29, 1.82) is 0 Å². The first kappa shape index (κ1) is 22.8. The van der Waals surface area contributed by atoms with Gasteiger partial charge < -0.3 is 4.90 Å². The number of carbonyl (C=O) groups excluding carboxylic acids is 1. The van der Waals surface area contributed by atoms with E-state index in [0.29, 0.717) is 35.9 Å². The van der Waals surface area contributed by atoms with E-state index in [9.17, 15) is 18.0 Å². The molecule has 1 saturated heterocycles. The molecule has 3 aromatic heterocycles. The molecule has 6 nitrogen and oxygen atoms in total. The van der Waals surface area contributed by atoms with E-state index in [4.69, 9.17) is 0 Å². The molecule has 1 fully saturated rings. The maximum atomic E-state index is 13.0.